The van der Waals surface area contributed by atoms with E-state index in [0.29, 0.717) is 11.9 Å². The minimum atomic E-state index is 0.250. The first-order chi connectivity index (χ1) is 8.74. The molecule has 1 aliphatic heterocycles. The molecule has 0 bridgehead atoms. The molecule has 0 radical (unpaired) electrons. The number of rotatable bonds is 7. The maximum atomic E-state index is 12.6. The Bertz CT molecular complexity index is 237. The second kappa shape index (κ2) is 8.52. The molecule has 1 heterocycles. The first kappa shape index (κ1) is 15.5. The first-order valence-electron chi connectivity index (χ1n) is 7.75. The first-order valence-corrected chi connectivity index (χ1v) is 7.75. The van der Waals surface area contributed by atoms with E-state index in [1.807, 2.05) is 0 Å². The number of hydrogen-bond donors (Lipinski definition) is 1. The Kier molecular flexibility index (Phi) is 7.33. The van der Waals surface area contributed by atoms with Crippen molar-refractivity contribution in [2.24, 2.45) is 5.92 Å². The summed E-state index contributed by atoms with van der Waals surface area (Å²) in [6.07, 6.45) is 6.64. The lowest BCUT2D eigenvalue weighted by molar-refractivity contribution is -0.138. The molecule has 1 rings (SSSR count). The molecule has 0 aromatic heterocycles. The molecule has 3 nitrogen and oxygen atoms in total. The van der Waals surface area contributed by atoms with E-state index < -0.39 is 0 Å². The SMILES string of the molecule is CCCCC(CC)C(=O)N(CC)C1CCNCC1. The minimum absolute atomic E-state index is 0.250. The Labute approximate surface area is 112 Å². The van der Waals surface area contributed by atoms with Crippen molar-refractivity contribution in [2.75, 3.05) is 19.6 Å². The lowest BCUT2D eigenvalue weighted by Crippen LogP contribution is -2.48. The molecule has 1 saturated heterocycles. The molecule has 0 aromatic rings. The topological polar surface area (TPSA) is 32.3 Å². The van der Waals surface area contributed by atoms with Crippen LogP contribution in [0.3, 0.4) is 0 Å². The van der Waals surface area contributed by atoms with Gasteiger partial charge in [-0.1, -0.05) is 26.7 Å². The zero-order valence-corrected chi connectivity index (χ0v) is 12.4. The number of hydrogen-bond acceptors (Lipinski definition) is 2. The molecule has 1 atom stereocenters. The Morgan fingerprint density at radius 1 is 1.28 bits per heavy atom. The van der Waals surface area contributed by atoms with Gasteiger partial charge in [0.05, 0.1) is 0 Å². The van der Waals surface area contributed by atoms with E-state index in [1.54, 1.807) is 0 Å². The molecule has 1 unspecified atom stereocenters. The second-order valence-corrected chi connectivity index (χ2v) is 5.35. The molecule has 3 heteroatoms. The van der Waals surface area contributed by atoms with Gasteiger partial charge in [-0.15, -0.1) is 0 Å². The minimum Gasteiger partial charge on any atom is -0.340 e. The van der Waals surface area contributed by atoms with Crippen molar-refractivity contribution in [1.29, 1.82) is 0 Å². The number of carbonyl (C=O) groups is 1. The van der Waals surface area contributed by atoms with Gasteiger partial charge in [0.1, 0.15) is 0 Å². The highest BCUT2D eigenvalue weighted by molar-refractivity contribution is 5.79. The van der Waals surface area contributed by atoms with E-state index in [0.717, 1.165) is 45.3 Å². The van der Waals surface area contributed by atoms with Gasteiger partial charge in [-0.3, -0.25) is 4.79 Å². The Balaban J connectivity index is 2.57. The van der Waals surface area contributed by atoms with Crippen molar-refractivity contribution in [3.8, 4) is 0 Å². The van der Waals surface area contributed by atoms with Crippen molar-refractivity contribution >= 4 is 5.91 Å². The second-order valence-electron chi connectivity index (χ2n) is 5.35. The van der Waals surface area contributed by atoms with Crippen molar-refractivity contribution in [2.45, 2.75) is 65.3 Å². The van der Waals surface area contributed by atoms with Crippen LogP contribution < -0.4 is 5.32 Å². The van der Waals surface area contributed by atoms with Crippen LogP contribution in [0, 0.1) is 5.92 Å². The van der Waals surface area contributed by atoms with E-state index in [9.17, 15) is 4.79 Å². The predicted octanol–water partition coefficient (Wildman–Crippen LogP) is 2.80. The summed E-state index contributed by atoms with van der Waals surface area (Å²) in [5, 5.41) is 3.37. The number of amides is 1. The molecule has 1 N–H and O–H groups in total. The molecule has 106 valence electrons. The summed E-state index contributed by atoms with van der Waals surface area (Å²) < 4.78 is 0. The van der Waals surface area contributed by atoms with E-state index in [1.165, 1.54) is 12.8 Å². The molecule has 18 heavy (non-hydrogen) atoms. The molecule has 1 fully saturated rings. The van der Waals surface area contributed by atoms with E-state index >= 15 is 0 Å². The molecule has 0 spiro atoms. The zero-order valence-electron chi connectivity index (χ0n) is 12.4. The smallest absolute Gasteiger partial charge is 0.225 e. The predicted molar refractivity (Wildman–Crippen MR) is 76.6 cm³/mol. The van der Waals surface area contributed by atoms with Crippen LogP contribution in [0.15, 0.2) is 0 Å². The van der Waals surface area contributed by atoms with Crippen LogP contribution in [-0.2, 0) is 4.79 Å². The number of nitrogens with zero attached hydrogens (tertiary/aromatic N) is 1. The fraction of sp³-hybridized carbons (Fsp3) is 0.933. The van der Waals surface area contributed by atoms with Gasteiger partial charge in [0.2, 0.25) is 5.91 Å². The van der Waals surface area contributed by atoms with Crippen molar-refractivity contribution in [3.05, 3.63) is 0 Å². The van der Waals surface area contributed by atoms with Crippen molar-refractivity contribution < 1.29 is 4.79 Å². The zero-order chi connectivity index (χ0) is 13.4. The van der Waals surface area contributed by atoms with Gasteiger partial charge in [-0.05, 0) is 45.7 Å². The summed E-state index contributed by atoms with van der Waals surface area (Å²) in [6.45, 7) is 9.44. The lowest BCUT2D eigenvalue weighted by Gasteiger charge is -2.36. The van der Waals surface area contributed by atoms with Crippen LogP contribution >= 0.6 is 0 Å². The van der Waals surface area contributed by atoms with Crippen LogP contribution in [0.2, 0.25) is 0 Å². The normalized spacial score (nSPS) is 18.6. The fourth-order valence-corrected chi connectivity index (χ4v) is 2.90. The van der Waals surface area contributed by atoms with Gasteiger partial charge in [0, 0.05) is 18.5 Å². The molecule has 0 saturated carbocycles. The van der Waals surface area contributed by atoms with Gasteiger partial charge in [-0.25, -0.2) is 0 Å². The van der Waals surface area contributed by atoms with Gasteiger partial charge in [0.15, 0.2) is 0 Å². The number of piperidine rings is 1. The maximum Gasteiger partial charge on any atom is 0.225 e. The van der Waals surface area contributed by atoms with Gasteiger partial charge in [0.25, 0.3) is 0 Å². The highest BCUT2D eigenvalue weighted by Crippen LogP contribution is 2.20. The molecule has 1 amide bonds. The van der Waals surface area contributed by atoms with Crippen molar-refractivity contribution in [1.82, 2.24) is 10.2 Å². The van der Waals surface area contributed by atoms with E-state index in [4.69, 9.17) is 0 Å². The quantitative estimate of drug-likeness (QED) is 0.757. The fourth-order valence-electron chi connectivity index (χ4n) is 2.90. The average Bonchev–Trinajstić information content (AvgIpc) is 2.42. The largest absolute Gasteiger partial charge is 0.340 e. The summed E-state index contributed by atoms with van der Waals surface area (Å²) in [6, 6.07) is 0.472. The molecule has 0 aliphatic carbocycles. The van der Waals surface area contributed by atoms with Crippen LogP contribution in [0.25, 0.3) is 0 Å². The van der Waals surface area contributed by atoms with Crippen LogP contribution in [0.5, 0.6) is 0 Å². The molecule has 0 aromatic carbocycles. The van der Waals surface area contributed by atoms with Crippen LogP contribution in [0.1, 0.15) is 59.3 Å². The third-order valence-corrected chi connectivity index (χ3v) is 4.12. The summed E-state index contributed by atoms with van der Waals surface area (Å²) in [5.41, 5.74) is 0. The van der Waals surface area contributed by atoms with E-state index in [2.05, 4.69) is 31.0 Å². The highest BCUT2D eigenvalue weighted by atomic mass is 16.2. The van der Waals surface area contributed by atoms with Crippen LogP contribution in [0.4, 0.5) is 0 Å². The Morgan fingerprint density at radius 3 is 2.44 bits per heavy atom. The molecular weight excluding hydrogens is 224 g/mol. The standard InChI is InChI=1S/C15H30N2O/c1-4-7-8-13(5-2)15(18)17(6-3)14-9-11-16-12-10-14/h13-14,16H,4-12H2,1-3H3. The molecule has 1 aliphatic rings. The number of nitrogens with one attached hydrogen (secondary N) is 1. The molecular formula is C15H30N2O. The summed E-state index contributed by atoms with van der Waals surface area (Å²) >= 11 is 0. The van der Waals surface area contributed by atoms with Gasteiger partial charge < -0.3 is 10.2 Å². The van der Waals surface area contributed by atoms with Crippen LogP contribution in [-0.4, -0.2) is 36.5 Å². The Morgan fingerprint density at radius 2 is 1.94 bits per heavy atom. The third-order valence-electron chi connectivity index (χ3n) is 4.12. The van der Waals surface area contributed by atoms with E-state index in [-0.39, 0.29) is 5.92 Å². The van der Waals surface area contributed by atoms with Crippen molar-refractivity contribution in [3.63, 3.8) is 0 Å². The highest BCUT2D eigenvalue weighted by Gasteiger charge is 2.28. The lowest BCUT2D eigenvalue weighted by atomic mass is 9.95. The average molecular weight is 254 g/mol. The summed E-state index contributed by atoms with van der Waals surface area (Å²) in [4.78, 5) is 14.8. The van der Waals surface area contributed by atoms with Gasteiger partial charge >= 0.3 is 0 Å². The number of unbranched alkanes of at least 4 members (excludes halogenated alkanes) is 1. The monoisotopic (exact) mass is 254 g/mol. The maximum absolute atomic E-state index is 12.6. The van der Waals surface area contributed by atoms with Gasteiger partial charge in [-0.2, -0.15) is 0 Å². The number of carbonyl (C=O) groups excluding carboxylic acids is 1. The summed E-state index contributed by atoms with van der Waals surface area (Å²) in [7, 11) is 0. The summed E-state index contributed by atoms with van der Waals surface area (Å²) in [5.74, 6) is 0.653. The Hall–Kier alpha value is -0.570. The third kappa shape index (κ3) is 4.27.